The summed E-state index contributed by atoms with van der Waals surface area (Å²) in [5, 5.41) is 1.34. The first kappa shape index (κ1) is 15.0. The van der Waals surface area contributed by atoms with Crippen molar-refractivity contribution >= 4 is 10.9 Å². The number of nitrogens with zero attached hydrogens (tertiary/aromatic N) is 1. The van der Waals surface area contributed by atoms with E-state index < -0.39 is 0 Å². The normalized spacial score (nSPS) is 11.3. The molecule has 0 unspecified atom stereocenters. The first-order valence-electron chi connectivity index (χ1n) is 8.17. The Labute approximate surface area is 123 Å². The minimum Gasteiger partial charge on any atom is -0.256 e. The minimum atomic E-state index is 0.834. The molecule has 0 amide bonds. The molecule has 0 aliphatic rings. The van der Waals surface area contributed by atoms with Gasteiger partial charge in [0.25, 0.3) is 0 Å². The lowest BCUT2D eigenvalue weighted by molar-refractivity contribution is 0.418. The molecule has 1 aromatic heterocycles. The predicted octanol–water partition coefficient (Wildman–Crippen LogP) is 5.77. The summed E-state index contributed by atoms with van der Waals surface area (Å²) in [7, 11) is 0. The van der Waals surface area contributed by atoms with E-state index in [0.29, 0.717) is 0 Å². The standard InChI is InChI=1S/C19H27N/c1-3-5-9-16(10-6-4-2)15-17-11-7-13-19-18(17)12-8-14-20-19/h7-8,11-14,16H,3-6,9-10,15H2,1-2H3. The number of unbranched alkanes of at least 4 members (excludes halogenated alkanes) is 2. The van der Waals surface area contributed by atoms with E-state index in [1.807, 2.05) is 6.20 Å². The lowest BCUT2D eigenvalue weighted by Gasteiger charge is -2.17. The molecular formula is C19H27N. The van der Waals surface area contributed by atoms with Gasteiger partial charge in [-0.1, -0.05) is 70.6 Å². The van der Waals surface area contributed by atoms with E-state index in [4.69, 9.17) is 0 Å². The Kier molecular flexibility index (Phi) is 6.04. The quantitative estimate of drug-likeness (QED) is 0.592. The van der Waals surface area contributed by atoms with Crippen LogP contribution in [0.2, 0.25) is 0 Å². The predicted molar refractivity (Wildman–Crippen MR) is 88.0 cm³/mol. The minimum absolute atomic E-state index is 0.834. The molecule has 1 heterocycles. The van der Waals surface area contributed by atoms with Gasteiger partial charge in [0.1, 0.15) is 0 Å². The summed E-state index contributed by atoms with van der Waals surface area (Å²) >= 11 is 0. The summed E-state index contributed by atoms with van der Waals surface area (Å²) in [5.74, 6) is 0.834. The largest absolute Gasteiger partial charge is 0.256 e. The van der Waals surface area contributed by atoms with Crippen LogP contribution in [0.15, 0.2) is 36.5 Å². The number of hydrogen-bond acceptors (Lipinski definition) is 1. The zero-order valence-electron chi connectivity index (χ0n) is 12.9. The second-order valence-corrected chi connectivity index (χ2v) is 5.84. The molecule has 2 aromatic rings. The summed E-state index contributed by atoms with van der Waals surface area (Å²) in [5.41, 5.74) is 2.61. The topological polar surface area (TPSA) is 12.9 Å². The molecule has 0 saturated carbocycles. The van der Waals surface area contributed by atoms with Crippen molar-refractivity contribution in [3.05, 3.63) is 42.1 Å². The Morgan fingerprint density at radius 1 is 0.950 bits per heavy atom. The Morgan fingerprint density at radius 2 is 1.70 bits per heavy atom. The van der Waals surface area contributed by atoms with Crippen molar-refractivity contribution in [2.75, 3.05) is 0 Å². The van der Waals surface area contributed by atoms with Crippen LogP contribution in [0, 0.1) is 5.92 Å². The fraction of sp³-hybridized carbons (Fsp3) is 0.526. The van der Waals surface area contributed by atoms with Crippen LogP contribution in [0.5, 0.6) is 0 Å². The van der Waals surface area contributed by atoms with Crippen molar-refractivity contribution in [2.45, 2.75) is 58.8 Å². The lowest BCUT2D eigenvalue weighted by Crippen LogP contribution is -2.05. The van der Waals surface area contributed by atoms with E-state index in [9.17, 15) is 0 Å². The molecule has 0 atom stereocenters. The van der Waals surface area contributed by atoms with Crippen molar-refractivity contribution in [3.63, 3.8) is 0 Å². The second kappa shape index (κ2) is 8.04. The first-order valence-corrected chi connectivity index (χ1v) is 8.17. The average molecular weight is 269 g/mol. The fourth-order valence-electron chi connectivity index (χ4n) is 2.99. The van der Waals surface area contributed by atoms with Gasteiger partial charge < -0.3 is 0 Å². The van der Waals surface area contributed by atoms with Crippen LogP contribution in [0.1, 0.15) is 57.9 Å². The van der Waals surface area contributed by atoms with Gasteiger partial charge in [-0.3, -0.25) is 4.98 Å². The van der Waals surface area contributed by atoms with Crippen LogP contribution < -0.4 is 0 Å². The Balaban J connectivity index is 2.14. The number of benzene rings is 1. The summed E-state index contributed by atoms with van der Waals surface area (Å²) in [4.78, 5) is 4.47. The van der Waals surface area contributed by atoms with Gasteiger partial charge in [0, 0.05) is 11.6 Å². The van der Waals surface area contributed by atoms with Gasteiger partial charge >= 0.3 is 0 Å². The lowest BCUT2D eigenvalue weighted by atomic mass is 9.88. The number of rotatable bonds is 8. The Morgan fingerprint density at radius 3 is 2.40 bits per heavy atom. The van der Waals surface area contributed by atoms with E-state index in [-0.39, 0.29) is 0 Å². The molecule has 0 aliphatic heterocycles. The van der Waals surface area contributed by atoms with Crippen molar-refractivity contribution < 1.29 is 0 Å². The molecule has 0 saturated heterocycles. The van der Waals surface area contributed by atoms with Crippen LogP contribution >= 0.6 is 0 Å². The molecule has 1 aromatic carbocycles. The van der Waals surface area contributed by atoms with Gasteiger partial charge in [0.15, 0.2) is 0 Å². The zero-order chi connectivity index (χ0) is 14.2. The molecule has 0 fully saturated rings. The van der Waals surface area contributed by atoms with Gasteiger partial charge in [0.05, 0.1) is 5.52 Å². The smallest absolute Gasteiger partial charge is 0.0704 e. The number of pyridine rings is 1. The van der Waals surface area contributed by atoms with E-state index in [0.717, 1.165) is 11.4 Å². The maximum absolute atomic E-state index is 4.47. The summed E-state index contributed by atoms with van der Waals surface area (Å²) in [6.07, 6.45) is 11.2. The fourth-order valence-corrected chi connectivity index (χ4v) is 2.99. The maximum atomic E-state index is 4.47. The highest BCUT2D eigenvalue weighted by Gasteiger charge is 2.11. The third-order valence-electron chi connectivity index (χ3n) is 4.18. The highest BCUT2D eigenvalue weighted by atomic mass is 14.6. The van der Waals surface area contributed by atoms with Gasteiger partial charge in [-0.05, 0) is 30.0 Å². The van der Waals surface area contributed by atoms with E-state index >= 15 is 0 Å². The van der Waals surface area contributed by atoms with Gasteiger partial charge in [-0.2, -0.15) is 0 Å². The molecule has 2 rings (SSSR count). The molecule has 0 spiro atoms. The van der Waals surface area contributed by atoms with Crippen LogP contribution in [0.3, 0.4) is 0 Å². The molecule has 108 valence electrons. The molecule has 20 heavy (non-hydrogen) atoms. The SMILES string of the molecule is CCCCC(CCCC)Cc1cccc2ncccc12. The van der Waals surface area contributed by atoms with E-state index in [1.165, 1.54) is 55.9 Å². The second-order valence-electron chi connectivity index (χ2n) is 5.84. The third-order valence-corrected chi connectivity index (χ3v) is 4.18. The van der Waals surface area contributed by atoms with E-state index in [2.05, 4.69) is 49.2 Å². The average Bonchev–Trinajstić information content (AvgIpc) is 2.50. The number of hydrogen-bond donors (Lipinski definition) is 0. The number of aromatic nitrogens is 1. The summed E-state index contributed by atoms with van der Waals surface area (Å²) in [6.45, 7) is 4.58. The first-order chi connectivity index (χ1) is 9.85. The number of fused-ring (bicyclic) bond motifs is 1. The Hall–Kier alpha value is -1.37. The van der Waals surface area contributed by atoms with Crippen molar-refractivity contribution in [2.24, 2.45) is 5.92 Å². The summed E-state index contributed by atoms with van der Waals surface area (Å²) in [6, 6.07) is 10.8. The van der Waals surface area contributed by atoms with Gasteiger partial charge in [-0.15, -0.1) is 0 Å². The maximum Gasteiger partial charge on any atom is 0.0704 e. The molecule has 0 aliphatic carbocycles. The van der Waals surface area contributed by atoms with Crippen molar-refractivity contribution in [3.8, 4) is 0 Å². The highest BCUT2D eigenvalue weighted by Crippen LogP contribution is 2.25. The van der Waals surface area contributed by atoms with Crippen LogP contribution in [-0.4, -0.2) is 4.98 Å². The summed E-state index contributed by atoms with van der Waals surface area (Å²) < 4.78 is 0. The molecule has 1 nitrogen and oxygen atoms in total. The van der Waals surface area contributed by atoms with E-state index in [1.54, 1.807) is 0 Å². The van der Waals surface area contributed by atoms with Gasteiger partial charge in [0.2, 0.25) is 0 Å². The van der Waals surface area contributed by atoms with Crippen LogP contribution in [-0.2, 0) is 6.42 Å². The van der Waals surface area contributed by atoms with Gasteiger partial charge in [-0.25, -0.2) is 0 Å². The van der Waals surface area contributed by atoms with Crippen molar-refractivity contribution in [1.82, 2.24) is 4.98 Å². The molecule has 0 bridgehead atoms. The monoisotopic (exact) mass is 269 g/mol. The molecule has 0 N–H and O–H groups in total. The highest BCUT2D eigenvalue weighted by molar-refractivity contribution is 5.81. The van der Waals surface area contributed by atoms with Crippen molar-refractivity contribution in [1.29, 1.82) is 0 Å². The van der Waals surface area contributed by atoms with Crippen LogP contribution in [0.4, 0.5) is 0 Å². The molecular weight excluding hydrogens is 242 g/mol. The zero-order valence-corrected chi connectivity index (χ0v) is 12.9. The molecule has 0 radical (unpaired) electrons. The van der Waals surface area contributed by atoms with Crippen LogP contribution in [0.25, 0.3) is 10.9 Å². The third kappa shape index (κ3) is 4.06. The molecule has 1 heteroatoms. The Bertz CT molecular complexity index is 505.